The number of hydrogen-bond acceptors (Lipinski definition) is 4. The summed E-state index contributed by atoms with van der Waals surface area (Å²) in [6.45, 7) is 1.16. The molecule has 0 radical (unpaired) electrons. The van der Waals surface area contributed by atoms with Crippen LogP contribution in [0.25, 0.3) is 0 Å². The molecule has 1 aliphatic rings. The number of nitrogens with zero attached hydrogens (tertiary/aromatic N) is 2. The summed E-state index contributed by atoms with van der Waals surface area (Å²) in [6.07, 6.45) is 4.31. The van der Waals surface area contributed by atoms with E-state index in [-0.39, 0.29) is 12.6 Å². The lowest BCUT2D eigenvalue weighted by molar-refractivity contribution is 0.237. The van der Waals surface area contributed by atoms with E-state index in [1.165, 1.54) is 8.61 Å². The zero-order valence-corrected chi connectivity index (χ0v) is 12.0. The van der Waals surface area contributed by atoms with Crippen molar-refractivity contribution in [3.8, 4) is 0 Å². The van der Waals surface area contributed by atoms with Crippen molar-refractivity contribution < 1.29 is 12.8 Å². The molecular formula is C12H21N3O3S. The Labute approximate surface area is 114 Å². The fraction of sp³-hybridized carbons (Fsp3) is 0.667. The number of nitrogens with two attached hydrogens (primary N) is 1. The lowest BCUT2D eigenvalue weighted by Gasteiger charge is -2.36. The largest absolute Gasteiger partial charge is 0.468 e. The standard InChI is InChI=1S/C12H21N3O3S/c1-14(10-12-6-4-8-18-12)19(16,17)15-7-3-2-5-11(15)9-13/h4,6,8,11H,2-3,5,7,9-10,13H2,1H3. The Balaban J connectivity index is 2.11. The third-order valence-corrected chi connectivity index (χ3v) is 5.48. The normalized spacial score (nSPS) is 21.9. The molecule has 0 bridgehead atoms. The van der Waals surface area contributed by atoms with Gasteiger partial charge in [-0.3, -0.25) is 0 Å². The fourth-order valence-electron chi connectivity index (χ4n) is 2.40. The molecule has 1 aromatic heterocycles. The van der Waals surface area contributed by atoms with Gasteiger partial charge in [0.1, 0.15) is 5.76 Å². The molecule has 2 heterocycles. The molecular weight excluding hydrogens is 266 g/mol. The minimum absolute atomic E-state index is 0.0854. The van der Waals surface area contributed by atoms with E-state index in [1.54, 1.807) is 25.4 Å². The van der Waals surface area contributed by atoms with Crippen LogP contribution in [0.1, 0.15) is 25.0 Å². The maximum atomic E-state index is 12.5. The van der Waals surface area contributed by atoms with E-state index in [1.807, 2.05) is 0 Å². The molecule has 6 nitrogen and oxygen atoms in total. The van der Waals surface area contributed by atoms with E-state index in [2.05, 4.69) is 0 Å². The predicted molar refractivity (Wildman–Crippen MR) is 72.5 cm³/mol. The van der Waals surface area contributed by atoms with Gasteiger partial charge in [-0.05, 0) is 25.0 Å². The number of hydrogen-bond donors (Lipinski definition) is 1. The molecule has 0 saturated carbocycles. The third kappa shape index (κ3) is 3.17. The Morgan fingerprint density at radius 3 is 2.95 bits per heavy atom. The lowest BCUT2D eigenvalue weighted by Crippen LogP contribution is -2.51. The summed E-state index contributed by atoms with van der Waals surface area (Å²) in [5.74, 6) is 0.632. The highest BCUT2D eigenvalue weighted by atomic mass is 32.2. The summed E-state index contributed by atoms with van der Waals surface area (Å²) >= 11 is 0. The van der Waals surface area contributed by atoms with Gasteiger partial charge in [0, 0.05) is 26.2 Å². The zero-order valence-electron chi connectivity index (χ0n) is 11.2. The van der Waals surface area contributed by atoms with Gasteiger partial charge in [0.05, 0.1) is 12.8 Å². The first-order valence-corrected chi connectivity index (χ1v) is 7.91. The van der Waals surface area contributed by atoms with Crippen molar-refractivity contribution in [2.24, 2.45) is 5.73 Å². The van der Waals surface area contributed by atoms with Gasteiger partial charge < -0.3 is 10.2 Å². The van der Waals surface area contributed by atoms with Gasteiger partial charge in [-0.2, -0.15) is 17.0 Å². The molecule has 7 heteroatoms. The topological polar surface area (TPSA) is 79.8 Å². The zero-order chi connectivity index (χ0) is 13.9. The van der Waals surface area contributed by atoms with Crippen molar-refractivity contribution in [3.05, 3.63) is 24.2 Å². The maximum Gasteiger partial charge on any atom is 0.282 e. The summed E-state index contributed by atoms with van der Waals surface area (Å²) in [6, 6.07) is 3.43. The minimum atomic E-state index is -3.47. The summed E-state index contributed by atoms with van der Waals surface area (Å²) in [7, 11) is -1.90. The Kier molecular flexibility index (Phi) is 4.62. The van der Waals surface area contributed by atoms with Crippen LogP contribution >= 0.6 is 0 Å². The van der Waals surface area contributed by atoms with Crippen molar-refractivity contribution in [1.82, 2.24) is 8.61 Å². The maximum absolute atomic E-state index is 12.5. The molecule has 108 valence electrons. The van der Waals surface area contributed by atoms with E-state index < -0.39 is 10.2 Å². The van der Waals surface area contributed by atoms with E-state index in [4.69, 9.17) is 10.2 Å². The van der Waals surface area contributed by atoms with E-state index in [0.29, 0.717) is 18.8 Å². The Bertz CT molecular complexity index is 486. The Morgan fingerprint density at radius 1 is 1.53 bits per heavy atom. The van der Waals surface area contributed by atoms with Crippen LogP contribution in [0, 0.1) is 0 Å². The van der Waals surface area contributed by atoms with Crippen LogP contribution in [0.15, 0.2) is 22.8 Å². The van der Waals surface area contributed by atoms with Gasteiger partial charge in [0.2, 0.25) is 0 Å². The second kappa shape index (κ2) is 6.04. The van der Waals surface area contributed by atoms with Crippen LogP contribution in [0.2, 0.25) is 0 Å². The summed E-state index contributed by atoms with van der Waals surface area (Å²) < 4.78 is 33.1. The average Bonchev–Trinajstić information content (AvgIpc) is 2.91. The summed E-state index contributed by atoms with van der Waals surface area (Å²) in [4.78, 5) is 0. The van der Waals surface area contributed by atoms with Gasteiger partial charge in [-0.25, -0.2) is 0 Å². The van der Waals surface area contributed by atoms with E-state index >= 15 is 0 Å². The first kappa shape index (κ1) is 14.5. The molecule has 2 rings (SSSR count). The van der Waals surface area contributed by atoms with Crippen LogP contribution in [-0.4, -0.2) is 43.2 Å². The van der Waals surface area contributed by atoms with Gasteiger partial charge in [-0.15, -0.1) is 0 Å². The van der Waals surface area contributed by atoms with E-state index in [9.17, 15) is 8.42 Å². The van der Waals surface area contributed by atoms with Crippen LogP contribution in [-0.2, 0) is 16.8 Å². The molecule has 1 saturated heterocycles. The molecule has 19 heavy (non-hydrogen) atoms. The molecule has 1 atom stereocenters. The lowest BCUT2D eigenvalue weighted by atomic mass is 10.1. The predicted octanol–water partition coefficient (Wildman–Crippen LogP) is 0.769. The molecule has 2 N–H and O–H groups in total. The number of furan rings is 1. The van der Waals surface area contributed by atoms with Crippen molar-refractivity contribution in [1.29, 1.82) is 0 Å². The Morgan fingerprint density at radius 2 is 2.32 bits per heavy atom. The van der Waals surface area contributed by atoms with E-state index in [0.717, 1.165) is 19.3 Å². The minimum Gasteiger partial charge on any atom is -0.468 e. The fourth-order valence-corrected chi connectivity index (χ4v) is 3.97. The number of rotatable bonds is 5. The van der Waals surface area contributed by atoms with Gasteiger partial charge >= 0.3 is 0 Å². The Hall–Kier alpha value is -0.890. The average molecular weight is 287 g/mol. The van der Waals surface area contributed by atoms with Gasteiger partial charge in [0.15, 0.2) is 0 Å². The number of piperidine rings is 1. The van der Waals surface area contributed by atoms with Crippen molar-refractivity contribution in [2.45, 2.75) is 31.8 Å². The van der Waals surface area contributed by atoms with Crippen molar-refractivity contribution in [3.63, 3.8) is 0 Å². The van der Waals surface area contributed by atoms with Crippen LogP contribution < -0.4 is 5.73 Å². The second-order valence-electron chi connectivity index (χ2n) is 4.84. The molecule has 1 aromatic rings. The first-order valence-electron chi connectivity index (χ1n) is 6.51. The molecule has 0 aliphatic carbocycles. The highest BCUT2D eigenvalue weighted by Crippen LogP contribution is 2.22. The van der Waals surface area contributed by atoms with Gasteiger partial charge in [-0.1, -0.05) is 6.42 Å². The van der Waals surface area contributed by atoms with Crippen LogP contribution in [0.3, 0.4) is 0 Å². The van der Waals surface area contributed by atoms with Crippen LogP contribution in [0.5, 0.6) is 0 Å². The first-order chi connectivity index (χ1) is 9.05. The second-order valence-corrected chi connectivity index (χ2v) is 6.83. The molecule has 1 unspecified atom stereocenters. The van der Waals surface area contributed by atoms with Crippen molar-refractivity contribution >= 4 is 10.2 Å². The highest BCUT2D eigenvalue weighted by molar-refractivity contribution is 7.86. The SMILES string of the molecule is CN(Cc1ccco1)S(=O)(=O)N1CCCCC1CN. The molecule has 0 spiro atoms. The summed E-state index contributed by atoms with van der Waals surface area (Å²) in [5.41, 5.74) is 5.68. The monoisotopic (exact) mass is 287 g/mol. The quantitative estimate of drug-likeness (QED) is 0.867. The summed E-state index contributed by atoms with van der Waals surface area (Å²) in [5, 5.41) is 0. The molecule has 1 fully saturated rings. The third-order valence-electron chi connectivity index (χ3n) is 3.49. The highest BCUT2D eigenvalue weighted by Gasteiger charge is 2.34. The van der Waals surface area contributed by atoms with Gasteiger partial charge in [0.25, 0.3) is 10.2 Å². The van der Waals surface area contributed by atoms with Crippen molar-refractivity contribution in [2.75, 3.05) is 20.1 Å². The van der Waals surface area contributed by atoms with Crippen LogP contribution in [0.4, 0.5) is 0 Å². The smallest absolute Gasteiger partial charge is 0.282 e. The molecule has 0 aromatic carbocycles. The molecule has 0 amide bonds. The molecule has 1 aliphatic heterocycles.